The Kier molecular flexibility index (Phi) is 4.15. The van der Waals surface area contributed by atoms with Crippen molar-refractivity contribution < 1.29 is 22.7 Å². The number of ether oxygens (including phenoxy) is 1. The Bertz CT molecular complexity index is 250. The van der Waals surface area contributed by atoms with Crippen LogP contribution in [0.2, 0.25) is 0 Å². The highest BCUT2D eigenvalue weighted by molar-refractivity contribution is 5.78. The Balaban J connectivity index is 2.21. The van der Waals surface area contributed by atoms with Gasteiger partial charge in [0.05, 0.1) is 25.2 Å². The molecule has 0 bridgehead atoms. The van der Waals surface area contributed by atoms with Crippen molar-refractivity contribution >= 4 is 5.91 Å². The lowest BCUT2D eigenvalue weighted by Crippen LogP contribution is -2.50. The first-order valence-corrected chi connectivity index (χ1v) is 4.97. The second kappa shape index (κ2) is 5.01. The van der Waals surface area contributed by atoms with Gasteiger partial charge in [-0.1, -0.05) is 0 Å². The van der Waals surface area contributed by atoms with Crippen LogP contribution >= 0.6 is 0 Å². The number of carbonyl (C=O) groups is 1. The van der Waals surface area contributed by atoms with Crippen LogP contribution in [0.1, 0.15) is 13.3 Å². The summed E-state index contributed by atoms with van der Waals surface area (Å²) in [6.45, 7) is 1.27. The summed E-state index contributed by atoms with van der Waals surface area (Å²) in [6.07, 6.45) is -3.61. The number of hydrogen-bond donors (Lipinski definition) is 2. The van der Waals surface area contributed by atoms with E-state index in [-0.39, 0.29) is 6.54 Å². The highest BCUT2D eigenvalue weighted by atomic mass is 19.4. The molecular weight excluding hydrogens is 225 g/mol. The van der Waals surface area contributed by atoms with Crippen LogP contribution in [0, 0.1) is 0 Å². The Hall–Kier alpha value is -0.820. The standard InChI is InChI=1S/C9H15F3N2O2/c1-8(2-3-16-6-8)14-7(15)4-13-5-9(10,11)12/h13H,2-6H2,1H3,(H,14,15). The van der Waals surface area contributed by atoms with Crippen LogP contribution in [0.5, 0.6) is 0 Å². The molecule has 1 aliphatic rings. The van der Waals surface area contributed by atoms with Gasteiger partial charge in [0.2, 0.25) is 5.91 Å². The predicted octanol–water partition coefficient (Wildman–Crippen LogP) is 0.433. The quantitative estimate of drug-likeness (QED) is 0.749. The molecule has 1 amide bonds. The highest BCUT2D eigenvalue weighted by Crippen LogP contribution is 2.17. The summed E-state index contributed by atoms with van der Waals surface area (Å²) in [7, 11) is 0. The van der Waals surface area contributed by atoms with Crippen molar-refractivity contribution in [3.63, 3.8) is 0 Å². The summed E-state index contributed by atoms with van der Waals surface area (Å²) in [4.78, 5) is 11.3. The van der Waals surface area contributed by atoms with E-state index in [1.807, 2.05) is 12.2 Å². The van der Waals surface area contributed by atoms with Crippen LogP contribution in [0.3, 0.4) is 0 Å². The summed E-state index contributed by atoms with van der Waals surface area (Å²) < 4.78 is 40.4. The number of nitrogens with one attached hydrogen (secondary N) is 2. The molecule has 0 spiro atoms. The molecule has 0 radical (unpaired) electrons. The van der Waals surface area contributed by atoms with E-state index in [0.29, 0.717) is 19.6 Å². The van der Waals surface area contributed by atoms with Gasteiger partial charge in [0.1, 0.15) is 0 Å². The maximum Gasteiger partial charge on any atom is 0.401 e. The summed E-state index contributed by atoms with van der Waals surface area (Å²) in [5.41, 5.74) is -0.447. The Morgan fingerprint density at radius 1 is 1.50 bits per heavy atom. The van der Waals surface area contributed by atoms with E-state index in [9.17, 15) is 18.0 Å². The maximum atomic E-state index is 11.8. The third kappa shape index (κ3) is 4.80. The molecule has 0 aromatic carbocycles. The second-order valence-electron chi connectivity index (χ2n) is 4.13. The van der Waals surface area contributed by atoms with Gasteiger partial charge in [0.25, 0.3) is 0 Å². The van der Waals surface area contributed by atoms with Crippen molar-refractivity contribution in [1.29, 1.82) is 0 Å². The molecule has 2 N–H and O–H groups in total. The minimum absolute atomic E-state index is 0.338. The van der Waals surface area contributed by atoms with E-state index >= 15 is 0 Å². The zero-order chi connectivity index (χ0) is 12.2. The molecule has 0 aliphatic carbocycles. The van der Waals surface area contributed by atoms with Gasteiger partial charge in [-0.2, -0.15) is 13.2 Å². The average Bonchev–Trinajstić information content (AvgIpc) is 2.49. The molecule has 1 fully saturated rings. The second-order valence-corrected chi connectivity index (χ2v) is 4.13. The van der Waals surface area contributed by atoms with Crippen molar-refractivity contribution in [3.05, 3.63) is 0 Å². The molecule has 0 saturated carbocycles. The largest absolute Gasteiger partial charge is 0.401 e. The maximum absolute atomic E-state index is 11.8. The van der Waals surface area contributed by atoms with Gasteiger partial charge >= 0.3 is 6.18 Å². The molecule has 1 atom stereocenters. The predicted molar refractivity (Wildman–Crippen MR) is 50.9 cm³/mol. The summed E-state index contributed by atoms with van der Waals surface area (Å²) in [6, 6.07) is 0. The monoisotopic (exact) mass is 240 g/mol. The fourth-order valence-electron chi connectivity index (χ4n) is 1.46. The van der Waals surface area contributed by atoms with Gasteiger partial charge in [-0.15, -0.1) is 0 Å². The molecule has 7 heteroatoms. The number of alkyl halides is 3. The molecule has 0 aromatic rings. The molecule has 1 heterocycles. The minimum atomic E-state index is -4.29. The van der Waals surface area contributed by atoms with Crippen LogP contribution in [0.15, 0.2) is 0 Å². The summed E-state index contributed by atoms with van der Waals surface area (Å²) >= 11 is 0. The Morgan fingerprint density at radius 2 is 2.19 bits per heavy atom. The SMILES string of the molecule is CC1(NC(=O)CNCC(F)(F)F)CCOC1. The van der Waals surface area contributed by atoms with Crippen molar-refractivity contribution in [2.45, 2.75) is 25.1 Å². The van der Waals surface area contributed by atoms with Gasteiger partial charge in [-0.05, 0) is 13.3 Å². The van der Waals surface area contributed by atoms with Crippen LogP contribution in [-0.4, -0.2) is 43.9 Å². The number of halogens is 3. The smallest absolute Gasteiger partial charge is 0.379 e. The minimum Gasteiger partial charge on any atom is -0.379 e. The van der Waals surface area contributed by atoms with Crippen LogP contribution in [-0.2, 0) is 9.53 Å². The van der Waals surface area contributed by atoms with Gasteiger partial charge < -0.3 is 15.4 Å². The summed E-state index contributed by atoms with van der Waals surface area (Å²) in [5, 5.41) is 4.69. The lowest BCUT2D eigenvalue weighted by Gasteiger charge is -2.23. The molecule has 0 aromatic heterocycles. The van der Waals surface area contributed by atoms with Crippen LogP contribution in [0.4, 0.5) is 13.2 Å². The third-order valence-corrected chi connectivity index (χ3v) is 2.27. The molecule has 16 heavy (non-hydrogen) atoms. The van der Waals surface area contributed by atoms with Crippen molar-refractivity contribution in [2.75, 3.05) is 26.3 Å². The topological polar surface area (TPSA) is 50.4 Å². The van der Waals surface area contributed by atoms with E-state index in [0.717, 1.165) is 0 Å². The lowest BCUT2D eigenvalue weighted by molar-refractivity contribution is -0.129. The molecule has 1 unspecified atom stereocenters. The highest BCUT2D eigenvalue weighted by Gasteiger charge is 2.31. The first kappa shape index (κ1) is 13.2. The molecule has 94 valence electrons. The Morgan fingerprint density at radius 3 is 2.69 bits per heavy atom. The normalized spacial score (nSPS) is 25.8. The van der Waals surface area contributed by atoms with Crippen molar-refractivity contribution in [2.24, 2.45) is 0 Å². The van der Waals surface area contributed by atoms with Gasteiger partial charge in [0.15, 0.2) is 0 Å². The van der Waals surface area contributed by atoms with Crippen molar-refractivity contribution in [1.82, 2.24) is 10.6 Å². The zero-order valence-electron chi connectivity index (χ0n) is 8.99. The third-order valence-electron chi connectivity index (χ3n) is 2.27. The van der Waals surface area contributed by atoms with E-state index in [1.165, 1.54) is 0 Å². The molecule has 4 nitrogen and oxygen atoms in total. The van der Waals surface area contributed by atoms with Crippen LogP contribution in [0.25, 0.3) is 0 Å². The first-order chi connectivity index (χ1) is 7.31. The lowest BCUT2D eigenvalue weighted by atomic mass is 10.0. The first-order valence-electron chi connectivity index (χ1n) is 4.97. The summed E-state index contributed by atoms with van der Waals surface area (Å²) in [5.74, 6) is -0.447. The molecule has 1 saturated heterocycles. The average molecular weight is 240 g/mol. The van der Waals surface area contributed by atoms with E-state index in [4.69, 9.17) is 4.74 Å². The molecule has 1 aliphatic heterocycles. The number of carbonyl (C=O) groups excluding carboxylic acids is 1. The van der Waals surface area contributed by atoms with E-state index in [1.54, 1.807) is 0 Å². The van der Waals surface area contributed by atoms with Crippen molar-refractivity contribution in [3.8, 4) is 0 Å². The fraction of sp³-hybridized carbons (Fsp3) is 0.889. The number of hydrogen-bond acceptors (Lipinski definition) is 3. The van der Waals surface area contributed by atoms with Gasteiger partial charge in [-0.3, -0.25) is 4.79 Å². The number of rotatable bonds is 4. The molecular formula is C9H15F3N2O2. The van der Waals surface area contributed by atoms with E-state index in [2.05, 4.69) is 5.32 Å². The fourth-order valence-corrected chi connectivity index (χ4v) is 1.46. The van der Waals surface area contributed by atoms with E-state index < -0.39 is 24.2 Å². The zero-order valence-corrected chi connectivity index (χ0v) is 8.99. The van der Waals surface area contributed by atoms with Gasteiger partial charge in [-0.25, -0.2) is 0 Å². The number of amides is 1. The molecule has 1 rings (SSSR count). The van der Waals surface area contributed by atoms with Gasteiger partial charge in [0, 0.05) is 6.61 Å². The van der Waals surface area contributed by atoms with Crippen LogP contribution < -0.4 is 10.6 Å². The Labute approximate surface area is 91.5 Å².